The molecule has 20 heavy (non-hydrogen) atoms. The van der Waals surface area contributed by atoms with Crippen molar-refractivity contribution in [3.05, 3.63) is 11.3 Å². The van der Waals surface area contributed by atoms with Gasteiger partial charge >= 0.3 is 10.1 Å². The Morgan fingerprint density at radius 2 is 2.30 bits per heavy atom. The van der Waals surface area contributed by atoms with E-state index in [0.29, 0.717) is 25.6 Å². The third kappa shape index (κ3) is 3.94. The van der Waals surface area contributed by atoms with Crippen LogP contribution in [0.2, 0.25) is 5.28 Å². The maximum Gasteiger partial charge on any atom is 0.307 e. The number of morpholine rings is 1. The highest BCUT2D eigenvalue weighted by Crippen LogP contribution is 2.24. The Bertz CT molecular complexity index is 581. The van der Waals surface area contributed by atoms with Gasteiger partial charge in [0, 0.05) is 12.6 Å². The molecule has 112 valence electrons. The smallest absolute Gasteiger partial charge is 0.307 e. The molecular formula is C11H16ClN3O4S. The number of halogens is 1. The van der Waals surface area contributed by atoms with Crippen LogP contribution in [0.5, 0.6) is 5.88 Å². The molecule has 1 aromatic heterocycles. The Balaban J connectivity index is 2.31. The molecule has 0 bridgehead atoms. The van der Waals surface area contributed by atoms with E-state index in [0.717, 1.165) is 12.7 Å². The summed E-state index contributed by atoms with van der Waals surface area (Å²) in [5, 5.41) is -0.0532. The van der Waals surface area contributed by atoms with E-state index in [9.17, 15) is 8.42 Å². The number of ether oxygens (including phenoxy) is 1. The summed E-state index contributed by atoms with van der Waals surface area (Å²) >= 11 is 5.83. The van der Waals surface area contributed by atoms with E-state index >= 15 is 0 Å². The zero-order chi connectivity index (χ0) is 14.8. The molecule has 0 aromatic carbocycles. The third-order valence-electron chi connectivity index (χ3n) is 2.89. The maximum atomic E-state index is 11.2. The average molecular weight is 322 g/mol. The number of aromatic nitrogens is 2. The summed E-state index contributed by atoms with van der Waals surface area (Å²) < 4.78 is 32.5. The quantitative estimate of drug-likeness (QED) is 0.606. The molecule has 2 rings (SSSR count). The van der Waals surface area contributed by atoms with Crippen molar-refractivity contribution in [2.75, 3.05) is 30.9 Å². The second kappa shape index (κ2) is 6.11. The number of hydrogen-bond acceptors (Lipinski definition) is 7. The fourth-order valence-electron chi connectivity index (χ4n) is 2.03. The predicted molar refractivity (Wildman–Crippen MR) is 74.8 cm³/mol. The predicted octanol–water partition coefficient (Wildman–Crippen LogP) is 1.08. The van der Waals surface area contributed by atoms with E-state index in [1.54, 1.807) is 0 Å². The zero-order valence-electron chi connectivity index (χ0n) is 11.2. The van der Waals surface area contributed by atoms with Crippen LogP contribution in [0.15, 0.2) is 6.07 Å². The van der Waals surface area contributed by atoms with Gasteiger partial charge in [-0.25, -0.2) is 4.98 Å². The molecule has 0 N–H and O–H groups in total. The third-order valence-corrected chi connectivity index (χ3v) is 3.53. The van der Waals surface area contributed by atoms with Gasteiger partial charge in [0.05, 0.1) is 25.5 Å². The molecule has 0 saturated carbocycles. The lowest BCUT2D eigenvalue weighted by Crippen LogP contribution is -2.45. The van der Waals surface area contributed by atoms with Crippen molar-refractivity contribution >= 4 is 27.5 Å². The maximum absolute atomic E-state index is 11.2. The van der Waals surface area contributed by atoms with Crippen LogP contribution in [-0.2, 0) is 14.9 Å². The molecule has 0 unspecified atom stereocenters. The van der Waals surface area contributed by atoms with Gasteiger partial charge in [0.2, 0.25) is 11.2 Å². The lowest BCUT2D eigenvalue weighted by molar-refractivity contribution is 0.0925. The largest absolute Gasteiger partial charge is 0.377 e. The minimum Gasteiger partial charge on any atom is -0.377 e. The molecule has 1 atom stereocenters. The second-order valence-electron chi connectivity index (χ2n) is 4.45. The van der Waals surface area contributed by atoms with E-state index in [4.69, 9.17) is 20.5 Å². The van der Waals surface area contributed by atoms with Gasteiger partial charge in [0.1, 0.15) is 5.82 Å². The van der Waals surface area contributed by atoms with Gasteiger partial charge in [-0.15, -0.1) is 0 Å². The van der Waals surface area contributed by atoms with E-state index in [-0.39, 0.29) is 17.2 Å². The fraction of sp³-hybridized carbons (Fsp3) is 0.636. The second-order valence-corrected chi connectivity index (χ2v) is 6.36. The van der Waals surface area contributed by atoms with E-state index in [1.165, 1.54) is 6.07 Å². The van der Waals surface area contributed by atoms with Crippen LogP contribution in [0.4, 0.5) is 5.82 Å². The van der Waals surface area contributed by atoms with E-state index < -0.39 is 10.1 Å². The number of nitrogens with zero attached hydrogens (tertiary/aromatic N) is 3. The molecule has 0 aliphatic carbocycles. The highest BCUT2D eigenvalue weighted by molar-refractivity contribution is 7.86. The normalized spacial score (nSPS) is 19.9. The molecule has 0 spiro atoms. The van der Waals surface area contributed by atoms with Crippen molar-refractivity contribution in [2.45, 2.75) is 19.4 Å². The van der Waals surface area contributed by atoms with Gasteiger partial charge in [-0.3, -0.25) is 0 Å². The highest BCUT2D eigenvalue weighted by atomic mass is 35.5. The Hall–Kier alpha value is -1.12. The SMILES string of the molecule is CC[C@H]1COCCN1c1cc(OS(C)(=O)=O)nc(Cl)n1. The fourth-order valence-corrected chi connectivity index (χ4v) is 2.59. The van der Waals surface area contributed by atoms with Crippen molar-refractivity contribution in [1.82, 2.24) is 9.97 Å². The van der Waals surface area contributed by atoms with E-state index in [1.807, 2.05) is 11.8 Å². The van der Waals surface area contributed by atoms with Gasteiger partial charge in [0.15, 0.2) is 0 Å². The first kappa shape index (κ1) is 15.3. The molecule has 1 fully saturated rings. The number of anilines is 1. The number of hydrogen-bond donors (Lipinski definition) is 0. The summed E-state index contributed by atoms with van der Waals surface area (Å²) in [6.07, 6.45) is 1.83. The van der Waals surface area contributed by atoms with Crippen molar-refractivity contribution < 1.29 is 17.3 Å². The average Bonchev–Trinajstić information content (AvgIpc) is 2.36. The molecule has 1 aliphatic rings. The monoisotopic (exact) mass is 321 g/mol. The topological polar surface area (TPSA) is 81.6 Å². The first-order chi connectivity index (χ1) is 9.39. The van der Waals surface area contributed by atoms with Crippen molar-refractivity contribution in [3.63, 3.8) is 0 Å². The molecule has 9 heteroatoms. The van der Waals surface area contributed by atoms with E-state index in [2.05, 4.69) is 9.97 Å². The Morgan fingerprint density at radius 3 is 2.95 bits per heavy atom. The van der Waals surface area contributed by atoms with Crippen LogP contribution in [0.3, 0.4) is 0 Å². The summed E-state index contributed by atoms with van der Waals surface area (Å²) in [5.41, 5.74) is 0. The molecule has 1 saturated heterocycles. The van der Waals surface area contributed by atoms with Gasteiger partial charge in [-0.2, -0.15) is 13.4 Å². The summed E-state index contributed by atoms with van der Waals surface area (Å²) in [5.74, 6) is 0.461. The highest BCUT2D eigenvalue weighted by Gasteiger charge is 2.24. The van der Waals surface area contributed by atoms with Gasteiger partial charge in [0.25, 0.3) is 0 Å². The zero-order valence-corrected chi connectivity index (χ0v) is 12.8. The summed E-state index contributed by atoms with van der Waals surface area (Å²) in [7, 11) is -3.65. The summed E-state index contributed by atoms with van der Waals surface area (Å²) in [6.45, 7) is 3.88. The Labute approximate surface area is 123 Å². The lowest BCUT2D eigenvalue weighted by Gasteiger charge is -2.35. The van der Waals surface area contributed by atoms with Crippen LogP contribution in [-0.4, -0.2) is 50.4 Å². The summed E-state index contributed by atoms with van der Waals surface area (Å²) in [6, 6.07) is 1.64. The molecule has 1 aromatic rings. The van der Waals surface area contributed by atoms with Crippen LogP contribution in [0.25, 0.3) is 0 Å². The van der Waals surface area contributed by atoms with Crippen molar-refractivity contribution in [3.8, 4) is 5.88 Å². The van der Waals surface area contributed by atoms with Crippen LogP contribution >= 0.6 is 11.6 Å². The van der Waals surface area contributed by atoms with Gasteiger partial charge in [-0.1, -0.05) is 6.92 Å². The minimum atomic E-state index is -3.65. The van der Waals surface area contributed by atoms with Crippen LogP contribution < -0.4 is 9.08 Å². The minimum absolute atomic E-state index is 0.0532. The molecule has 7 nitrogen and oxygen atoms in total. The van der Waals surface area contributed by atoms with Crippen molar-refractivity contribution in [1.29, 1.82) is 0 Å². The lowest BCUT2D eigenvalue weighted by atomic mass is 10.2. The Morgan fingerprint density at radius 1 is 1.55 bits per heavy atom. The first-order valence-corrected chi connectivity index (χ1v) is 8.37. The first-order valence-electron chi connectivity index (χ1n) is 6.17. The van der Waals surface area contributed by atoms with Crippen LogP contribution in [0, 0.1) is 0 Å². The standard InChI is InChI=1S/C11H16ClN3O4S/c1-3-8-7-18-5-4-15(8)9-6-10(14-11(12)13-9)19-20(2,16)17/h6,8H,3-5,7H2,1-2H3/t8-/m0/s1. The molecule has 1 aliphatic heterocycles. The van der Waals surface area contributed by atoms with Crippen LogP contribution in [0.1, 0.15) is 13.3 Å². The van der Waals surface area contributed by atoms with Crippen molar-refractivity contribution in [2.24, 2.45) is 0 Å². The molecule has 0 amide bonds. The molecule has 0 radical (unpaired) electrons. The van der Waals surface area contributed by atoms with Gasteiger partial charge in [-0.05, 0) is 18.0 Å². The summed E-state index contributed by atoms with van der Waals surface area (Å²) in [4.78, 5) is 9.92. The Kier molecular flexibility index (Phi) is 4.66. The molecule has 2 heterocycles. The number of rotatable bonds is 4. The molecular weight excluding hydrogens is 306 g/mol. The van der Waals surface area contributed by atoms with Gasteiger partial charge < -0.3 is 13.8 Å².